The maximum atomic E-state index is 11.8. The zero-order valence-electron chi connectivity index (χ0n) is 10.3. The number of ketones is 1. The number of aryl methyl sites for hydroxylation is 1. The summed E-state index contributed by atoms with van der Waals surface area (Å²) >= 11 is 0. The normalized spacial score (nSPS) is 15.6. The molecule has 0 saturated heterocycles. The summed E-state index contributed by atoms with van der Waals surface area (Å²) in [5.41, 5.74) is 2.33. The number of fused-ring (bicyclic) bond motifs is 1. The average molecular weight is 246 g/mol. The van der Waals surface area contributed by atoms with Gasteiger partial charge in [0, 0.05) is 24.7 Å². The molecule has 1 N–H and O–H groups in total. The number of amides is 1. The van der Waals surface area contributed by atoms with E-state index in [2.05, 4.69) is 5.16 Å². The fourth-order valence-electron chi connectivity index (χ4n) is 2.05. The third kappa shape index (κ3) is 1.99. The van der Waals surface area contributed by atoms with Crippen LogP contribution in [0.3, 0.4) is 0 Å². The van der Waals surface area contributed by atoms with Crippen molar-refractivity contribution in [2.45, 2.75) is 19.8 Å². The summed E-state index contributed by atoms with van der Waals surface area (Å²) in [6, 6.07) is 5.16. The fraction of sp³-hybridized carbons (Fsp3) is 0.308. The molecule has 1 aromatic rings. The van der Waals surface area contributed by atoms with Gasteiger partial charge >= 0.3 is 0 Å². The Morgan fingerprint density at radius 1 is 1.39 bits per heavy atom. The van der Waals surface area contributed by atoms with Crippen molar-refractivity contribution in [3.05, 3.63) is 29.3 Å². The molecule has 2 rings (SSSR count). The van der Waals surface area contributed by atoms with Crippen LogP contribution in [0, 0.1) is 0 Å². The van der Waals surface area contributed by atoms with Gasteiger partial charge in [0.2, 0.25) is 11.7 Å². The number of hydrogen-bond donors (Lipinski definition) is 1. The molecule has 0 unspecified atom stereocenters. The highest BCUT2D eigenvalue weighted by Gasteiger charge is 2.22. The van der Waals surface area contributed by atoms with Crippen LogP contribution in [0.25, 0.3) is 0 Å². The zero-order valence-corrected chi connectivity index (χ0v) is 10.3. The van der Waals surface area contributed by atoms with Crippen molar-refractivity contribution in [1.82, 2.24) is 0 Å². The molecular formula is C13H14N2O3. The molecule has 0 aliphatic carbocycles. The van der Waals surface area contributed by atoms with Gasteiger partial charge < -0.3 is 10.1 Å². The molecule has 0 spiro atoms. The Hall–Kier alpha value is -2.17. The summed E-state index contributed by atoms with van der Waals surface area (Å²) in [6.07, 6.45) is 1.09. The van der Waals surface area contributed by atoms with Gasteiger partial charge in [0.1, 0.15) is 5.71 Å². The standard InChI is InChI=1S/C13H14N2O3/c1-8(14-18)13(17)10-3-5-11-9(7-10)4-6-12(16)15(11)2/h3,5,7,18H,4,6H2,1-2H3/b14-8-. The lowest BCUT2D eigenvalue weighted by Gasteiger charge is -2.25. The highest BCUT2D eigenvalue weighted by molar-refractivity contribution is 6.45. The summed E-state index contributed by atoms with van der Waals surface area (Å²) in [6.45, 7) is 1.46. The Morgan fingerprint density at radius 3 is 2.78 bits per heavy atom. The molecule has 94 valence electrons. The lowest BCUT2D eigenvalue weighted by Crippen LogP contribution is -2.31. The molecule has 1 aliphatic rings. The Labute approximate surface area is 105 Å². The van der Waals surface area contributed by atoms with Crippen LogP contribution < -0.4 is 4.90 Å². The third-order valence-corrected chi connectivity index (χ3v) is 3.16. The molecule has 0 aromatic heterocycles. The molecule has 1 heterocycles. The molecule has 0 radical (unpaired) electrons. The second-order valence-electron chi connectivity index (χ2n) is 4.31. The Bertz CT molecular complexity index is 549. The monoisotopic (exact) mass is 246 g/mol. The number of anilines is 1. The van der Waals surface area contributed by atoms with Crippen molar-refractivity contribution >= 4 is 23.1 Å². The average Bonchev–Trinajstić information content (AvgIpc) is 2.41. The van der Waals surface area contributed by atoms with Gasteiger partial charge in [0.15, 0.2) is 0 Å². The minimum absolute atomic E-state index is 0.0511. The van der Waals surface area contributed by atoms with E-state index in [9.17, 15) is 9.59 Å². The first kappa shape index (κ1) is 12.3. The van der Waals surface area contributed by atoms with Crippen LogP contribution in [0.15, 0.2) is 23.4 Å². The number of hydrogen-bond acceptors (Lipinski definition) is 4. The van der Waals surface area contributed by atoms with Crippen molar-refractivity contribution in [3.8, 4) is 0 Å². The molecule has 0 bridgehead atoms. The maximum absolute atomic E-state index is 11.8. The Balaban J connectivity index is 2.40. The minimum atomic E-state index is -0.306. The predicted octanol–water partition coefficient (Wildman–Crippen LogP) is 1.63. The largest absolute Gasteiger partial charge is 0.411 e. The van der Waals surface area contributed by atoms with Gasteiger partial charge in [0.25, 0.3) is 0 Å². The first-order valence-electron chi connectivity index (χ1n) is 5.67. The second-order valence-corrected chi connectivity index (χ2v) is 4.31. The molecule has 0 fully saturated rings. The third-order valence-electron chi connectivity index (χ3n) is 3.16. The highest BCUT2D eigenvalue weighted by Crippen LogP contribution is 2.27. The molecule has 1 aliphatic heterocycles. The molecule has 5 nitrogen and oxygen atoms in total. The highest BCUT2D eigenvalue weighted by atomic mass is 16.4. The number of Topliss-reactive ketones (excluding diaryl/α,β-unsaturated/α-hetero) is 1. The van der Waals surface area contributed by atoms with Crippen LogP contribution in [0.2, 0.25) is 0 Å². The van der Waals surface area contributed by atoms with Crippen LogP contribution in [0.1, 0.15) is 29.3 Å². The first-order chi connectivity index (χ1) is 8.54. The van der Waals surface area contributed by atoms with Crippen LogP contribution in [-0.2, 0) is 11.2 Å². The SMILES string of the molecule is C/C(=N/O)C(=O)c1ccc2c(c1)CCC(=O)N2C. The fourth-order valence-corrected chi connectivity index (χ4v) is 2.05. The molecule has 0 saturated carbocycles. The Morgan fingerprint density at radius 2 is 2.11 bits per heavy atom. The summed E-state index contributed by atoms with van der Waals surface area (Å²) in [7, 11) is 1.72. The van der Waals surface area contributed by atoms with Crippen molar-refractivity contribution < 1.29 is 14.8 Å². The van der Waals surface area contributed by atoms with Gasteiger partial charge in [-0.3, -0.25) is 9.59 Å². The van der Waals surface area contributed by atoms with E-state index in [1.165, 1.54) is 6.92 Å². The molecule has 5 heteroatoms. The first-order valence-corrected chi connectivity index (χ1v) is 5.67. The lowest BCUT2D eigenvalue weighted by atomic mass is 9.97. The zero-order chi connectivity index (χ0) is 13.3. The van der Waals surface area contributed by atoms with Gasteiger partial charge in [-0.05, 0) is 37.1 Å². The summed E-state index contributed by atoms with van der Waals surface area (Å²) in [5, 5.41) is 11.5. The number of rotatable bonds is 2. The van der Waals surface area contributed by atoms with Crippen molar-refractivity contribution in [2.75, 3.05) is 11.9 Å². The van der Waals surface area contributed by atoms with Crippen molar-refractivity contribution in [3.63, 3.8) is 0 Å². The van der Waals surface area contributed by atoms with E-state index in [1.807, 2.05) is 0 Å². The van der Waals surface area contributed by atoms with Crippen LogP contribution >= 0.6 is 0 Å². The van der Waals surface area contributed by atoms with Gasteiger partial charge in [-0.15, -0.1) is 0 Å². The van der Waals surface area contributed by atoms with Gasteiger partial charge in [-0.25, -0.2) is 0 Å². The van der Waals surface area contributed by atoms with Crippen molar-refractivity contribution in [1.29, 1.82) is 0 Å². The number of benzene rings is 1. The summed E-state index contributed by atoms with van der Waals surface area (Å²) in [5.74, 6) is -0.227. The number of nitrogens with zero attached hydrogens (tertiary/aromatic N) is 2. The van der Waals surface area contributed by atoms with E-state index in [-0.39, 0.29) is 17.4 Å². The topological polar surface area (TPSA) is 70.0 Å². The molecule has 18 heavy (non-hydrogen) atoms. The van der Waals surface area contributed by atoms with Gasteiger partial charge in [0.05, 0.1) is 0 Å². The maximum Gasteiger partial charge on any atom is 0.227 e. The second kappa shape index (κ2) is 4.60. The van der Waals surface area contributed by atoms with Crippen LogP contribution in [0.4, 0.5) is 5.69 Å². The smallest absolute Gasteiger partial charge is 0.227 e. The molecule has 1 amide bonds. The van der Waals surface area contributed by atoms with Crippen LogP contribution in [0.5, 0.6) is 0 Å². The summed E-state index contributed by atoms with van der Waals surface area (Å²) < 4.78 is 0. The van der Waals surface area contributed by atoms with E-state index in [1.54, 1.807) is 30.1 Å². The van der Waals surface area contributed by atoms with Crippen molar-refractivity contribution in [2.24, 2.45) is 5.16 Å². The number of carbonyl (C=O) groups excluding carboxylic acids is 2. The lowest BCUT2D eigenvalue weighted by molar-refractivity contribution is -0.118. The predicted molar refractivity (Wildman–Crippen MR) is 67.4 cm³/mol. The van der Waals surface area contributed by atoms with E-state index in [0.29, 0.717) is 18.4 Å². The number of carbonyl (C=O) groups is 2. The Kier molecular flexibility index (Phi) is 3.14. The molecule has 1 aromatic carbocycles. The molecule has 0 atom stereocenters. The molecular weight excluding hydrogens is 232 g/mol. The van der Waals surface area contributed by atoms with Gasteiger partial charge in [-0.2, -0.15) is 0 Å². The minimum Gasteiger partial charge on any atom is -0.411 e. The van der Waals surface area contributed by atoms with Crippen LogP contribution in [-0.4, -0.2) is 29.7 Å². The summed E-state index contributed by atoms with van der Waals surface area (Å²) in [4.78, 5) is 25.0. The number of oxime groups is 1. The van der Waals surface area contributed by atoms with E-state index >= 15 is 0 Å². The van der Waals surface area contributed by atoms with E-state index in [4.69, 9.17) is 5.21 Å². The van der Waals surface area contributed by atoms with E-state index < -0.39 is 0 Å². The quantitative estimate of drug-likeness (QED) is 0.373. The van der Waals surface area contributed by atoms with E-state index in [0.717, 1.165) is 11.3 Å². The van der Waals surface area contributed by atoms with Gasteiger partial charge in [-0.1, -0.05) is 5.16 Å².